The minimum Gasteiger partial charge on any atom is -0.0651 e. The molecule has 40 heavy (non-hydrogen) atoms. The van der Waals surface area contributed by atoms with E-state index in [4.69, 9.17) is 0 Å². The summed E-state index contributed by atoms with van der Waals surface area (Å²) in [5.74, 6) is 8.57. The van der Waals surface area contributed by atoms with Crippen molar-refractivity contribution in [2.75, 3.05) is 0 Å². The van der Waals surface area contributed by atoms with E-state index in [9.17, 15) is 0 Å². The van der Waals surface area contributed by atoms with Gasteiger partial charge >= 0.3 is 0 Å². The van der Waals surface area contributed by atoms with Crippen molar-refractivity contribution in [2.45, 2.75) is 104 Å². The standard InChI is InChI=1S/C39H47S/c1-2-33-34-11-6-8-26(34)18-23-36(33)27-14-19-31(20-15-27)40(30-9-4-3-5-10-30)32-21-16-28(17-22-32)38-24-29-25-39(38)37-13-7-12-35(29)37/h3-5,9-10,14-17,19-22,26,29,33-39H,2,6-8,11-13,18,23-25H2,1H3/q+1. The molecule has 5 aliphatic rings. The molecule has 0 saturated heterocycles. The summed E-state index contributed by atoms with van der Waals surface area (Å²) >= 11 is 0. The van der Waals surface area contributed by atoms with E-state index < -0.39 is 0 Å². The van der Waals surface area contributed by atoms with Crippen molar-refractivity contribution < 1.29 is 0 Å². The van der Waals surface area contributed by atoms with Crippen LogP contribution in [0, 0.1) is 41.4 Å². The van der Waals surface area contributed by atoms with Crippen molar-refractivity contribution in [1.82, 2.24) is 0 Å². The second-order valence-corrected chi connectivity index (χ2v) is 16.2. The first kappa shape index (κ1) is 25.7. The van der Waals surface area contributed by atoms with Gasteiger partial charge in [-0.3, -0.25) is 0 Å². The summed E-state index contributed by atoms with van der Waals surface area (Å²) in [6, 6.07) is 31.3. The van der Waals surface area contributed by atoms with Gasteiger partial charge < -0.3 is 0 Å². The summed E-state index contributed by atoms with van der Waals surface area (Å²) in [7, 11) is -0.0586. The summed E-state index contributed by atoms with van der Waals surface area (Å²) in [6.45, 7) is 2.45. The zero-order valence-electron chi connectivity index (χ0n) is 24.4. The molecule has 8 rings (SSSR count). The molecule has 10 atom stereocenters. The van der Waals surface area contributed by atoms with Gasteiger partial charge in [0.05, 0.1) is 10.9 Å². The third-order valence-electron chi connectivity index (χ3n) is 12.6. The third kappa shape index (κ3) is 4.33. The lowest BCUT2D eigenvalue weighted by molar-refractivity contribution is 0.149. The second kappa shape index (κ2) is 10.7. The van der Waals surface area contributed by atoms with Crippen LogP contribution in [-0.4, -0.2) is 0 Å². The minimum absolute atomic E-state index is 0.0586. The number of benzene rings is 3. The van der Waals surface area contributed by atoms with Gasteiger partial charge in [-0.05, 0) is 146 Å². The van der Waals surface area contributed by atoms with Gasteiger partial charge in [0.25, 0.3) is 0 Å². The minimum atomic E-state index is -0.0586. The molecule has 5 saturated carbocycles. The second-order valence-electron chi connectivity index (χ2n) is 14.1. The monoisotopic (exact) mass is 547 g/mol. The van der Waals surface area contributed by atoms with Crippen molar-refractivity contribution in [3.8, 4) is 0 Å². The van der Waals surface area contributed by atoms with Crippen molar-refractivity contribution in [3.63, 3.8) is 0 Å². The van der Waals surface area contributed by atoms with Crippen LogP contribution >= 0.6 is 0 Å². The Morgan fingerprint density at radius 1 is 0.525 bits per heavy atom. The number of fused-ring (bicyclic) bond motifs is 6. The molecule has 3 aromatic carbocycles. The highest BCUT2D eigenvalue weighted by Crippen LogP contribution is 2.63. The molecule has 208 valence electrons. The maximum atomic E-state index is 2.52. The van der Waals surface area contributed by atoms with Gasteiger partial charge in [0.15, 0.2) is 14.7 Å². The third-order valence-corrected chi connectivity index (χ3v) is 14.8. The fraction of sp³-hybridized carbons (Fsp3) is 0.538. The van der Waals surface area contributed by atoms with Crippen molar-refractivity contribution >= 4 is 10.9 Å². The Morgan fingerprint density at radius 2 is 1.15 bits per heavy atom. The van der Waals surface area contributed by atoms with Gasteiger partial charge in [-0.2, -0.15) is 0 Å². The highest BCUT2D eigenvalue weighted by Gasteiger charge is 2.54. The quantitative estimate of drug-likeness (QED) is 0.269. The molecule has 1 heteroatoms. The highest BCUT2D eigenvalue weighted by atomic mass is 32.2. The first-order chi connectivity index (χ1) is 19.8. The number of hydrogen-bond acceptors (Lipinski definition) is 0. The van der Waals surface area contributed by atoms with Crippen LogP contribution < -0.4 is 0 Å². The lowest BCUT2D eigenvalue weighted by atomic mass is 9.65. The maximum Gasteiger partial charge on any atom is 0.166 e. The van der Waals surface area contributed by atoms with Gasteiger partial charge in [0, 0.05) is 0 Å². The first-order valence-electron chi connectivity index (χ1n) is 16.8. The fourth-order valence-corrected chi connectivity index (χ4v) is 13.1. The maximum absolute atomic E-state index is 2.52. The average molecular weight is 548 g/mol. The molecule has 2 bridgehead atoms. The fourth-order valence-electron chi connectivity index (χ4n) is 11.0. The van der Waals surface area contributed by atoms with E-state index in [1.165, 1.54) is 85.3 Å². The van der Waals surface area contributed by atoms with E-state index in [0.717, 1.165) is 53.3 Å². The van der Waals surface area contributed by atoms with Gasteiger partial charge in [-0.15, -0.1) is 0 Å². The molecule has 10 unspecified atom stereocenters. The summed E-state index contributed by atoms with van der Waals surface area (Å²) in [6.07, 6.45) is 16.1. The van der Waals surface area contributed by atoms with E-state index in [0.29, 0.717) is 0 Å². The van der Waals surface area contributed by atoms with Gasteiger partial charge in [-0.25, -0.2) is 0 Å². The zero-order valence-corrected chi connectivity index (χ0v) is 25.2. The smallest absolute Gasteiger partial charge is 0.0651 e. The van der Waals surface area contributed by atoms with Crippen LogP contribution in [0.2, 0.25) is 0 Å². The molecule has 0 aromatic heterocycles. The molecular formula is C39H47S+. The Morgan fingerprint density at radius 3 is 1.88 bits per heavy atom. The average Bonchev–Trinajstić information content (AvgIpc) is 3.81. The Labute approximate surface area is 245 Å². The molecule has 0 spiro atoms. The molecule has 0 nitrogen and oxygen atoms in total. The largest absolute Gasteiger partial charge is 0.166 e. The Bertz CT molecular complexity index is 1290. The molecule has 0 amide bonds. The molecule has 0 radical (unpaired) electrons. The summed E-state index contributed by atoms with van der Waals surface area (Å²) in [5, 5.41) is 0. The van der Waals surface area contributed by atoms with Crippen LogP contribution in [0.15, 0.2) is 93.5 Å². The van der Waals surface area contributed by atoms with E-state index in [1.807, 2.05) is 0 Å². The topological polar surface area (TPSA) is 0 Å². The van der Waals surface area contributed by atoms with Crippen molar-refractivity contribution in [3.05, 3.63) is 90.0 Å². The van der Waals surface area contributed by atoms with Crippen molar-refractivity contribution in [1.29, 1.82) is 0 Å². The number of rotatable bonds is 6. The summed E-state index contributed by atoms with van der Waals surface area (Å²) in [5.41, 5.74) is 3.23. The predicted octanol–water partition coefficient (Wildman–Crippen LogP) is 10.6. The van der Waals surface area contributed by atoms with Gasteiger partial charge in [0.2, 0.25) is 0 Å². The molecular weight excluding hydrogens is 500 g/mol. The lowest BCUT2D eigenvalue weighted by Gasteiger charge is -2.40. The first-order valence-corrected chi connectivity index (χ1v) is 18.0. The van der Waals surface area contributed by atoms with Crippen LogP contribution in [0.5, 0.6) is 0 Å². The normalized spacial score (nSPS) is 36.9. The molecule has 5 fully saturated rings. The zero-order chi connectivity index (χ0) is 26.6. The van der Waals surface area contributed by atoms with Gasteiger partial charge in [0.1, 0.15) is 0 Å². The van der Waals surface area contributed by atoms with E-state index in [1.54, 1.807) is 11.1 Å². The van der Waals surface area contributed by atoms with Crippen LogP contribution in [-0.2, 0) is 10.9 Å². The van der Waals surface area contributed by atoms with Crippen LogP contribution in [0.4, 0.5) is 0 Å². The van der Waals surface area contributed by atoms with Gasteiger partial charge in [-0.1, -0.05) is 75.1 Å². The van der Waals surface area contributed by atoms with Crippen molar-refractivity contribution in [2.24, 2.45) is 41.4 Å². The molecule has 0 heterocycles. The summed E-state index contributed by atoms with van der Waals surface area (Å²) in [4.78, 5) is 4.39. The van der Waals surface area contributed by atoms with Crippen LogP contribution in [0.1, 0.15) is 101 Å². The van der Waals surface area contributed by atoms with E-state index in [2.05, 4.69) is 85.8 Å². The molecule has 0 N–H and O–H groups in total. The Kier molecular flexibility index (Phi) is 6.87. The van der Waals surface area contributed by atoms with E-state index >= 15 is 0 Å². The summed E-state index contributed by atoms with van der Waals surface area (Å²) < 4.78 is 0. The predicted molar refractivity (Wildman–Crippen MR) is 168 cm³/mol. The Hall–Kier alpha value is -1.99. The molecule has 5 aliphatic carbocycles. The molecule has 0 aliphatic heterocycles. The Balaban J connectivity index is 1.07. The lowest BCUT2D eigenvalue weighted by Crippen LogP contribution is -2.30. The highest BCUT2D eigenvalue weighted by molar-refractivity contribution is 7.97. The number of hydrogen-bond donors (Lipinski definition) is 0. The van der Waals surface area contributed by atoms with E-state index in [-0.39, 0.29) is 10.9 Å². The van der Waals surface area contributed by atoms with Crippen LogP contribution in [0.3, 0.4) is 0 Å². The molecule has 3 aromatic rings. The SMILES string of the molecule is CCC1C(c2ccc([S+](c3ccccc3)c3ccc(C4CC5CC4C4CCCC54)cc3)cc2)CCC2CCCC21. The van der Waals surface area contributed by atoms with Crippen LogP contribution in [0.25, 0.3) is 0 Å².